The van der Waals surface area contributed by atoms with Gasteiger partial charge in [-0.05, 0) is 61.1 Å². The van der Waals surface area contributed by atoms with Crippen molar-refractivity contribution in [1.29, 1.82) is 10.8 Å². The molecule has 1 fully saturated rings. The molecular weight excluding hydrogens is 406 g/mol. The molecule has 32 heavy (non-hydrogen) atoms. The number of carbonyl (C=O) groups excluding carboxylic acids is 2. The number of ether oxygens (including phenoxy) is 1. The lowest BCUT2D eigenvalue weighted by molar-refractivity contribution is -0.117. The highest BCUT2D eigenvalue weighted by atomic mass is 16.5. The predicted octanol–water partition coefficient (Wildman–Crippen LogP) is 3.46. The molecule has 0 saturated carbocycles. The molecular formula is C24H29N5O3. The molecule has 3 rings (SSSR count). The molecule has 8 nitrogen and oxygen atoms in total. The normalized spacial score (nSPS) is 14.0. The van der Waals surface area contributed by atoms with Gasteiger partial charge in [0.25, 0.3) is 0 Å². The second-order valence-corrected chi connectivity index (χ2v) is 8.05. The summed E-state index contributed by atoms with van der Waals surface area (Å²) in [5.41, 5.74) is 8.49. The number of anilines is 1. The number of amides is 1. The van der Waals surface area contributed by atoms with E-state index in [-0.39, 0.29) is 17.7 Å². The van der Waals surface area contributed by atoms with Crippen molar-refractivity contribution >= 4 is 29.2 Å². The van der Waals surface area contributed by atoms with E-state index in [1.165, 1.54) is 7.11 Å². The van der Waals surface area contributed by atoms with Gasteiger partial charge in [-0.2, -0.15) is 0 Å². The van der Waals surface area contributed by atoms with Gasteiger partial charge in [0.2, 0.25) is 5.91 Å². The number of hydrogen-bond acceptors (Lipinski definition) is 5. The number of hydrogen-bond donors (Lipinski definition) is 4. The first-order valence-electron chi connectivity index (χ1n) is 10.5. The number of esters is 1. The highest BCUT2D eigenvalue weighted by Crippen LogP contribution is 2.27. The summed E-state index contributed by atoms with van der Waals surface area (Å²) in [6, 6.07) is 12.2. The number of benzene rings is 2. The third kappa shape index (κ3) is 5.72. The fourth-order valence-corrected chi connectivity index (χ4v) is 3.92. The summed E-state index contributed by atoms with van der Waals surface area (Å²) in [4.78, 5) is 26.9. The number of nitrogens with two attached hydrogens (primary N) is 1. The van der Waals surface area contributed by atoms with Gasteiger partial charge in [-0.25, -0.2) is 4.79 Å². The van der Waals surface area contributed by atoms with Crippen LogP contribution in [-0.4, -0.2) is 48.6 Å². The smallest absolute Gasteiger partial charge is 0.337 e. The fourth-order valence-electron chi connectivity index (χ4n) is 3.92. The summed E-state index contributed by atoms with van der Waals surface area (Å²) >= 11 is 0. The Bertz CT molecular complexity index is 1040. The van der Waals surface area contributed by atoms with Crippen molar-refractivity contribution in [3.8, 4) is 11.1 Å². The zero-order chi connectivity index (χ0) is 23.3. The number of carbonyl (C=O) groups is 2. The Morgan fingerprint density at radius 3 is 2.41 bits per heavy atom. The van der Waals surface area contributed by atoms with Gasteiger partial charge in [0.05, 0.1) is 18.5 Å². The van der Waals surface area contributed by atoms with Gasteiger partial charge in [-0.3, -0.25) is 15.6 Å². The lowest BCUT2D eigenvalue weighted by Gasteiger charge is -2.32. The number of nitrogens with one attached hydrogen (secondary N) is 3. The van der Waals surface area contributed by atoms with Crippen LogP contribution in [-0.2, 0) is 9.53 Å². The second kappa shape index (κ2) is 10.1. The largest absolute Gasteiger partial charge is 0.465 e. The minimum atomic E-state index is -0.501. The molecule has 8 heteroatoms. The molecule has 0 radical (unpaired) electrons. The number of nitrogens with zero attached hydrogens (tertiary/aromatic N) is 1. The molecule has 0 bridgehead atoms. The first-order valence-corrected chi connectivity index (χ1v) is 10.5. The van der Waals surface area contributed by atoms with E-state index in [0.717, 1.165) is 31.5 Å². The fraction of sp³-hybridized carbons (Fsp3) is 0.333. The molecule has 1 aliphatic heterocycles. The van der Waals surface area contributed by atoms with Crippen molar-refractivity contribution in [1.82, 2.24) is 4.90 Å². The molecule has 0 spiro atoms. The summed E-state index contributed by atoms with van der Waals surface area (Å²) in [6.45, 7) is 3.37. The molecule has 0 unspecified atom stereocenters. The molecule has 1 amide bonds. The second-order valence-electron chi connectivity index (χ2n) is 8.05. The van der Waals surface area contributed by atoms with E-state index in [1.54, 1.807) is 43.3 Å². The van der Waals surface area contributed by atoms with Crippen molar-refractivity contribution in [2.24, 2.45) is 11.7 Å². The van der Waals surface area contributed by atoms with Crippen molar-refractivity contribution in [3.05, 3.63) is 53.6 Å². The van der Waals surface area contributed by atoms with Gasteiger partial charge in [0.15, 0.2) is 0 Å². The summed E-state index contributed by atoms with van der Waals surface area (Å²) < 4.78 is 4.87. The van der Waals surface area contributed by atoms with Gasteiger partial charge >= 0.3 is 5.97 Å². The van der Waals surface area contributed by atoms with Crippen LogP contribution in [0.5, 0.6) is 0 Å². The van der Waals surface area contributed by atoms with Crippen molar-refractivity contribution in [3.63, 3.8) is 0 Å². The van der Waals surface area contributed by atoms with E-state index in [4.69, 9.17) is 21.3 Å². The Balaban J connectivity index is 1.78. The Morgan fingerprint density at radius 1 is 1.09 bits per heavy atom. The maximum Gasteiger partial charge on any atom is 0.337 e. The zero-order valence-corrected chi connectivity index (χ0v) is 18.4. The maximum absolute atomic E-state index is 12.7. The van der Waals surface area contributed by atoms with E-state index < -0.39 is 5.97 Å². The van der Waals surface area contributed by atoms with Crippen molar-refractivity contribution < 1.29 is 14.3 Å². The highest BCUT2D eigenvalue weighted by Gasteiger charge is 2.22. The Kier molecular flexibility index (Phi) is 7.25. The van der Waals surface area contributed by atoms with Gasteiger partial charge < -0.3 is 20.7 Å². The zero-order valence-electron chi connectivity index (χ0n) is 18.4. The summed E-state index contributed by atoms with van der Waals surface area (Å²) in [6.07, 6.45) is 2.13. The number of amidine groups is 2. The number of methoxy groups -OCH3 is 1. The molecule has 0 aromatic heterocycles. The maximum atomic E-state index is 12.7. The third-order valence-electron chi connectivity index (χ3n) is 5.71. The van der Waals surface area contributed by atoms with Crippen LogP contribution in [0.2, 0.25) is 0 Å². The van der Waals surface area contributed by atoms with E-state index in [9.17, 15) is 9.59 Å². The summed E-state index contributed by atoms with van der Waals surface area (Å²) in [5, 5.41) is 18.3. The highest BCUT2D eigenvalue weighted by molar-refractivity contribution is 5.98. The van der Waals surface area contributed by atoms with Crippen molar-refractivity contribution in [2.45, 2.75) is 26.2 Å². The Labute approximate surface area is 187 Å². The average molecular weight is 436 g/mol. The molecule has 1 aliphatic rings. The van der Waals surface area contributed by atoms with Crippen LogP contribution in [0.3, 0.4) is 0 Å². The summed E-state index contributed by atoms with van der Waals surface area (Å²) in [5.74, 6) is 0.170. The van der Waals surface area contributed by atoms with Crippen LogP contribution in [0.4, 0.5) is 5.69 Å². The van der Waals surface area contributed by atoms with E-state index >= 15 is 0 Å². The lowest BCUT2D eigenvalue weighted by atomic mass is 9.93. The molecule has 0 aliphatic carbocycles. The van der Waals surface area contributed by atoms with E-state index in [2.05, 4.69) is 5.32 Å². The SMILES string of the molecule is COC(=O)c1cc(NC(=O)CC2CCN(C(C)=N)CC2)cc(-c2cccc(C(=N)N)c2)c1. The number of nitrogen functional groups attached to an aromatic ring is 1. The average Bonchev–Trinajstić information content (AvgIpc) is 2.78. The van der Waals surface area contributed by atoms with Crippen LogP contribution < -0.4 is 11.1 Å². The van der Waals surface area contributed by atoms with E-state index in [1.807, 2.05) is 11.0 Å². The number of piperidine rings is 1. The Hall–Kier alpha value is -3.68. The van der Waals surface area contributed by atoms with Gasteiger partial charge in [0.1, 0.15) is 5.84 Å². The number of rotatable bonds is 6. The third-order valence-corrected chi connectivity index (χ3v) is 5.71. The lowest BCUT2D eigenvalue weighted by Crippen LogP contribution is -2.37. The first-order chi connectivity index (χ1) is 15.3. The summed E-state index contributed by atoms with van der Waals surface area (Å²) in [7, 11) is 1.31. The van der Waals surface area contributed by atoms with Crippen molar-refractivity contribution in [2.75, 3.05) is 25.5 Å². The monoisotopic (exact) mass is 435 g/mol. The standard InChI is InChI=1S/C24H29N5O3/c1-15(25)29-8-6-16(7-9-29)10-22(30)28-21-13-19(12-20(14-21)24(31)32-2)17-4-3-5-18(11-17)23(26)27/h3-5,11-14,16,25H,6-10H2,1-2H3,(H3,26,27)(H,28,30). The molecule has 5 N–H and O–H groups in total. The molecule has 1 heterocycles. The van der Waals surface area contributed by atoms with Crippen LogP contribution in [0.15, 0.2) is 42.5 Å². The molecule has 168 valence electrons. The topological polar surface area (TPSA) is 132 Å². The van der Waals surface area contributed by atoms with Crippen LogP contribution >= 0.6 is 0 Å². The quantitative estimate of drug-likeness (QED) is 0.313. The molecule has 2 aromatic carbocycles. The first kappa shape index (κ1) is 23.0. The van der Waals surface area contributed by atoms with Crippen LogP contribution in [0.25, 0.3) is 11.1 Å². The van der Waals surface area contributed by atoms with Crippen LogP contribution in [0, 0.1) is 16.7 Å². The van der Waals surface area contributed by atoms with Gasteiger partial charge in [-0.1, -0.05) is 18.2 Å². The minimum absolute atomic E-state index is 0.0474. The molecule has 0 atom stereocenters. The Morgan fingerprint density at radius 2 is 1.78 bits per heavy atom. The number of likely N-dealkylation sites (tertiary alicyclic amines) is 1. The van der Waals surface area contributed by atoms with Crippen LogP contribution in [0.1, 0.15) is 42.1 Å². The minimum Gasteiger partial charge on any atom is -0.465 e. The molecule has 2 aromatic rings. The predicted molar refractivity (Wildman–Crippen MR) is 125 cm³/mol. The molecule has 1 saturated heterocycles. The van der Waals surface area contributed by atoms with Gasteiger partial charge in [0, 0.05) is 30.8 Å². The van der Waals surface area contributed by atoms with Gasteiger partial charge in [-0.15, -0.1) is 0 Å². The van der Waals surface area contributed by atoms with E-state index in [0.29, 0.717) is 34.6 Å².